The molecule has 0 radical (unpaired) electrons. The van der Waals surface area contributed by atoms with E-state index in [0.717, 1.165) is 25.9 Å². The van der Waals surface area contributed by atoms with Gasteiger partial charge < -0.3 is 0 Å². The first-order valence-corrected chi connectivity index (χ1v) is 8.09. The lowest BCUT2D eigenvalue weighted by Crippen LogP contribution is -2.47. The highest BCUT2D eigenvalue weighted by molar-refractivity contribution is 7.88. The zero-order valence-corrected chi connectivity index (χ0v) is 12.1. The molecule has 6 heteroatoms. The smallest absolute Gasteiger partial charge is 0.211 e. The Bertz CT molecular complexity index is 362. The minimum Gasteiger partial charge on any atom is -0.298 e. The molecule has 0 aromatic rings. The highest BCUT2D eigenvalue weighted by Crippen LogP contribution is 2.19. The fraction of sp³-hybridized carbons (Fsp3) is 0.818. The van der Waals surface area contributed by atoms with Crippen LogP contribution in [0.1, 0.15) is 19.8 Å². The van der Waals surface area contributed by atoms with Crippen molar-refractivity contribution in [2.75, 3.05) is 32.4 Å². The largest absolute Gasteiger partial charge is 0.298 e. The summed E-state index contributed by atoms with van der Waals surface area (Å²) >= 11 is 5.77. The van der Waals surface area contributed by atoms with E-state index in [4.69, 9.17) is 11.6 Å². The van der Waals surface area contributed by atoms with Crippen LogP contribution >= 0.6 is 11.6 Å². The van der Waals surface area contributed by atoms with Crippen molar-refractivity contribution in [3.63, 3.8) is 0 Å². The Kier molecular flexibility index (Phi) is 5.44. The van der Waals surface area contributed by atoms with E-state index in [1.54, 1.807) is 4.31 Å². The first-order chi connectivity index (χ1) is 7.84. The van der Waals surface area contributed by atoms with Gasteiger partial charge in [-0.25, -0.2) is 8.42 Å². The van der Waals surface area contributed by atoms with Crippen LogP contribution in [0, 0.1) is 0 Å². The minimum absolute atomic E-state index is 0.134. The van der Waals surface area contributed by atoms with Gasteiger partial charge in [-0.05, 0) is 12.8 Å². The fourth-order valence-electron chi connectivity index (χ4n) is 2.37. The molecule has 0 saturated carbocycles. The maximum absolute atomic E-state index is 11.6. The molecule has 100 valence electrons. The van der Waals surface area contributed by atoms with Crippen molar-refractivity contribution in [2.45, 2.75) is 25.8 Å². The van der Waals surface area contributed by atoms with E-state index < -0.39 is 10.0 Å². The van der Waals surface area contributed by atoms with Crippen molar-refractivity contribution >= 4 is 21.6 Å². The molecule has 0 spiro atoms. The molecule has 1 heterocycles. The molecule has 0 aromatic heterocycles. The third-order valence-electron chi connectivity index (χ3n) is 3.10. The van der Waals surface area contributed by atoms with E-state index in [2.05, 4.69) is 11.5 Å². The molecule has 0 atom stereocenters. The summed E-state index contributed by atoms with van der Waals surface area (Å²) in [6, 6.07) is 0.134. The molecule has 4 nitrogen and oxygen atoms in total. The van der Waals surface area contributed by atoms with Gasteiger partial charge in [0.25, 0.3) is 0 Å². The monoisotopic (exact) mass is 280 g/mol. The molecule has 0 aromatic carbocycles. The average molecular weight is 281 g/mol. The van der Waals surface area contributed by atoms with Crippen LogP contribution in [-0.4, -0.2) is 56.1 Å². The van der Waals surface area contributed by atoms with Crippen LogP contribution < -0.4 is 0 Å². The zero-order valence-electron chi connectivity index (χ0n) is 10.5. The molecule has 1 fully saturated rings. The third-order valence-corrected chi connectivity index (χ3v) is 4.63. The Morgan fingerprint density at radius 1 is 1.47 bits per heavy atom. The van der Waals surface area contributed by atoms with Gasteiger partial charge in [0.1, 0.15) is 0 Å². The van der Waals surface area contributed by atoms with Crippen LogP contribution in [0.4, 0.5) is 0 Å². The minimum atomic E-state index is -3.08. The van der Waals surface area contributed by atoms with Crippen molar-refractivity contribution in [2.24, 2.45) is 0 Å². The van der Waals surface area contributed by atoms with Crippen molar-refractivity contribution in [3.05, 3.63) is 11.6 Å². The van der Waals surface area contributed by atoms with E-state index in [0.29, 0.717) is 18.1 Å². The summed E-state index contributed by atoms with van der Waals surface area (Å²) in [6.07, 6.45) is 3.01. The highest BCUT2D eigenvalue weighted by Gasteiger charge is 2.28. The molecule has 0 unspecified atom stereocenters. The van der Waals surface area contributed by atoms with Gasteiger partial charge in [0.2, 0.25) is 10.0 Å². The number of sulfonamides is 1. The predicted molar refractivity (Wildman–Crippen MR) is 71.7 cm³/mol. The normalized spacial score (nSPS) is 19.8. The average Bonchev–Trinajstić information content (AvgIpc) is 2.18. The SMILES string of the molecule is C=C(Cl)CN1CCC(N(CC)S(C)(=O)=O)CC1. The maximum Gasteiger partial charge on any atom is 0.211 e. The molecular formula is C11H21ClN2O2S. The molecule has 0 N–H and O–H groups in total. The van der Waals surface area contributed by atoms with Crippen LogP contribution in [0.15, 0.2) is 11.6 Å². The first-order valence-electron chi connectivity index (χ1n) is 5.87. The van der Waals surface area contributed by atoms with Gasteiger partial charge in [-0.3, -0.25) is 4.90 Å². The molecule has 1 saturated heterocycles. The van der Waals surface area contributed by atoms with Crippen LogP contribution in [-0.2, 0) is 10.0 Å². The molecule has 0 aliphatic carbocycles. The topological polar surface area (TPSA) is 40.6 Å². The fourth-order valence-corrected chi connectivity index (χ4v) is 3.76. The van der Waals surface area contributed by atoms with Crippen LogP contribution in [0.3, 0.4) is 0 Å². The van der Waals surface area contributed by atoms with Crippen molar-refractivity contribution in [3.8, 4) is 0 Å². The van der Waals surface area contributed by atoms with Gasteiger partial charge in [-0.2, -0.15) is 4.31 Å². The summed E-state index contributed by atoms with van der Waals surface area (Å²) in [5, 5.41) is 0.638. The Hall–Kier alpha value is -0.100. The Morgan fingerprint density at radius 2 is 2.00 bits per heavy atom. The summed E-state index contributed by atoms with van der Waals surface area (Å²) < 4.78 is 24.8. The van der Waals surface area contributed by atoms with E-state index >= 15 is 0 Å². The zero-order chi connectivity index (χ0) is 13.1. The van der Waals surface area contributed by atoms with E-state index in [1.807, 2.05) is 6.92 Å². The molecule has 1 aliphatic rings. The van der Waals surface area contributed by atoms with Crippen molar-refractivity contribution in [1.82, 2.24) is 9.21 Å². The molecule has 1 rings (SSSR count). The Balaban J connectivity index is 2.54. The maximum atomic E-state index is 11.6. The van der Waals surface area contributed by atoms with Crippen LogP contribution in [0.2, 0.25) is 0 Å². The van der Waals surface area contributed by atoms with Crippen molar-refractivity contribution in [1.29, 1.82) is 0 Å². The quantitative estimate of drug-likeness (QED) is 0.766. The second kappa shape index (κ2) is 6.18. The van der Waals surface area contributed by atoms with Crippen LogP contribution in [0.25, 0.3) is 0 Å². The number of likely N-dealkylation sites (tertiary alicyclic amines) is 1. The third kappa shape index (κ3) is 4.58. The number of piperidine rings is 1. The van der Waals surface area contributed by atoms with Gasteiger partial charge in [0.05, 0.1) is 6.26 Å². The number of halogens is 1. The van der Waals surface area contributed by atoms with Gasteiger partial charge in [-0.15, -0.1) is 0 Å². The lowest BCUT2D eigenvalue weighted by Gasteiger charge is -2.36. The summed E-state index contributed by atoms with van der Waals surface area (Å²) in [4.78, 5) is 2.21. The second-order valence-electron chi connectivity index (χ2n) is 4.49. The van der Waals surface area contributed by atoms with Gasteiger partial charge >= 0.3 is 0 Å². The van der Waals surface area contributed by atoms with Crippen LogP contribution in [0.5, 0.6) is 0 Å². The molecule has 0 bridgehead atoms. The Morgan fingerprint density at radius 3 is 2.35 bits per heavy atom. The molecule has 1 aliphatic heterocycles. The summed E-state index contributed by atoms with van der Waals surface area (Å²) in [5.41, 5.74) is 0. The lowest BCUT2D eigenvalue weighted by molar-refractivity contribution is 0.173. The van der Waals surface area contributed by atoms with Gasteiger partial charge in [0, 0.05) is 37.3 Å². The molecule has 0 amide bonds. The standard InChI is InChI=1S/C11H21ClN2O2S/c1-4-14(17(3,15)16)11-5-7-13(8-6-11)9-10(2)12/h11H,2,4-9H2,1,3H3. The highest BCUT2D eigenvalue weighted by atomic mass is 35.5. The van der Waals surface area contributed by atoms with E-state index in [1.165, 1.54) is 6.26 Å². The number of nitrogens with zero attached hydrogens (tertiary/aromatic N) is 2. The van der Waals surface area contributed by atoms with E-state index in [9.17, 15) is 8.42 Å². The summed E-state index contributed by atoms with van der Waals surface area (Å²) in [6.45, 7) is 8.56. The number of rotatable bonds is 5. The Labute approximate surface area is 109 Å². The number of hydrogen-bond acceptors (Lipinski definition) is 3. The lowest BCUT2D eigenvalue weighted by atomic mass is 10.1. The molecular weight excluding hydrogens is 260 g/mol. The first kappa shape index (κ1) is 15.0. The van der Waals surface area contributed by atoms with Gasteiger partial charge in [0.15, 0.2) is 0 Å². The summed E-state index contributed by atoms with van der Waals surface area (Å²) in [5.74, 6) is 0. The molecule has 17 heavy (non-hydrogen) atoms. The van der Waals surface area contributed by atoms with Gasteiger partial charge in [-0.1, -0.05) is 25.1 Å². The number of hydrogen-bond donors (Lipinski definition) is 0. The van der Waals surface area contributed by atoms with Crippen molar-refractivity contribution < 1.29 is 8.42 Å². The predicted octanol–water partition coefficient (Wildman–Crippen LogP) is 1.48. The second-order valence-corrected chi connectivity index (χ2v) is 6.96. The van der Waals surface area contributed by atoms with E-state index in [-0.39, 0.29) is 6.04 Å². The summed E-state index contributed by atoms with van der Waals surface area (Å²) in [7, 11) is -3.08.